The van der Waals surface area contributed by atoms with Crippen LogP contribution in [0.25, 0.3) is 16.7 Å². The molecule has 3 aromatic rings. The first kappa shape index (κ1) is 12.2. The van der Waals surface area contributed by atoms with Gasteiger partial charge in [-0.2, -0.15) is 5.26 Å². The number of nitriles is 1. The molecular formula is C15H11FN4. The fourth-order valence-corrected chi connectivity index (χ4v) is 2.26. The van der Waals surface area contributed by atoms with Crippen LogP contribution in [0.1, 0.15) is 5.82 Å². The number of nitrogens with two attached hydrogens (primary N) is 1. The maximum Gasteiger partial charge on any atom is 0.128 e. The monoisotopic (exact) mass is 266 g/mol. The van der Waals surface area contributed by atoms with Gasteiger partial charge in [0.1, 0.15) is 11.6 Å². The van der Waals surface area contributed by atoms with E-state index in [-0.39, 0.29) is 6.42 Å². The molecule has 0 aliphatic heterocycles. The van der Waals surface area contributed by atoms with Gasteiger partial charge in [-0.3, -0.25) is 4.57 Å². The number of aromatic nitrogens is 2. The van der Waals surface area contributed by atoms with Crippen molar-refractivity contribution in [3.8, 4) is 11.8 Å². The number of imidazole rings is 1. The number of rotatable bonds is 2. The van der Waals surface area contributed by atoms with Crippen molar-refractivity contribution in [2.24, 2.45) is 0 Å². The molecule has 5 heteroatoms. The van der Waals surface area contributed by atoms with Crippen LogP contribution in [0.15, 0.2) is 42.5 Å². The number of hydrogen-bond acceptors (Lipinski definition) is 3. The second-order valence-electron chi connectivity index (χ2n) is 4.39. The summed E-state index contributed by atoms with van der Waals surface area (Å²) < 4.78 is 15.0. The standard InChI is InChI=1S/C15H11FN4/c16-10-5-6-13(11(18)9-10)20-14-4-2-1-3-12(14)19-15(20)7-8-17/h1-6,9H,7,18H2. The lowest BCUT2D eigenvalue weighted by molar-refractivity contribution is 0.628. The highest BCUT2D eigenvalue weighted by atomic mass is 19.1. The van der Waals surface area contributed by atoms with E-state index in [0.717, 1.165) is 11.0 Å². The molecule has 4 nitrogen and oxygen atoms in total. The Morgan fingerprint density at radius 3 is 2.80 bits per heavy atom. The Bertz CT molecular complexity index is 829. The molecule has 0 amide bonds. The molecular weight excluding hydrogens is 255 g/mol. The summed E-state index contributed by atoms with van der Waals surface area (Å²) in [6.07, 6.45) is 0.158. The fraction of sp³-hybridized carbons (Fsp3) is 0.0667. The smallest absolute Gasteiger partial charge is 0.128 e. The zero-order valence-electron chi connectivity index (χ0n) is 10.5. The Labute approximate surface area is 114 Å². The first-order valence-corrected chi connectivity index (χ1v) is 6.09. The summed E-state index contributed by atoms with van der Waals surface area (Å²) in [4.78, 5) is 4.43. The van der Waals surface area contributed by atoms with Crippen LogP contribution < -0.4 is 5.73 Å². The number of fused-ring (bicyclic) bond motifs is 1. The third-order valence-corrected chi connectivity index (χ3v) is 3.10. The van der Waals surface area contributed by atoms with Gasteiger partial charge in [0.25, 0.3) is 0 Å². The van der Waals surface area contributed by atoms with Crippen LogP contribution in [-0.4, -0.2) is 9.55 Å². The van der Waals surface area contributed by atoms with Crippen LogP contribution >= 0.6 is 0 Å². The molecule has 0 fully saturated rings. The number of benzene rings is 2. The highest BCUT2D eigenvalue weighted by Gasteiger charge is 2.14. The summed E-state index contributed by atoms with van der Waals surface area (Å²) in [6, 6.07) is 13.8. The first-order chi connectivity index (χ1) is 9.70. The van der Waals surface area contributed by atoms with Gasteiger partial charge in [0.05, 0.1) is 34.9 Å². The van der Waals surface area contributed by atoms with E-state index in [2.05, 4.69) is 11.1 Å². The van der Waals surface area contributed by atoms with Crippen LogP contribution in [0.5, 0.6) is 0 Å². The number of halogens is 1. The van der Waals surface area contributed by atoms with Crippen LogP contribution in [0.3, 0.4) is 0 Å². The largest absolute Gasteiger partial charge is 0.397 e. The van der Waals surface area contributed by atoms with Crippen molar-refractivity contribution >= 4 is 16.7 Å². The van der Waals surface area contributed by atoms with Gasteiger partial charge in [0.2, 0.25) is 0 Å². The van der Waals surface area contributed by atoms with Gasteiger partial charge < -0.3 is 5.73 Å². The number of nitrogen functional groups attached to an aromatic ring is 1. The third kappa shape index (κ3) is 1.88. The molecule has 1 heterocycles. The number of para-hydroxylation sites is 2. The van der Waals surface area contributed by atoms with Crippen molar-refractivity contribution in [3.63, 3.8) is 0 Å². The molecule has 0 unspecified atom stereocenters. The highest BCUT2D eigenvalue weighted by Crippen LogP contribution is 2.26. The summed E-state index contributed by atoms with van der Waals surface area (Å²) >= 11 is 0. The Kier molecular flexibility index (Phi) is 2.84. The van der Waals surface area contributed by atoms with Crippen LogP contribution in [0.2, 0.25) is 0 Å². The summed E-state index contributed by atoms with van der Waals surface area (Å²) in [5, 5.41) is 8.94. The zero-order valence-corrected chi connectivity index (χ0v) is 10.5. The maximum absolute atomic E-state index is 13.2. The summed E-state index contributed by atoms with van der Waals surface area (Å²) in [5.74, 6) is 0.199. The van der Waals surface area contributed by atoms with E-state index in [1.165, 1.54) is 12.1 Å². The average molecular weight is 266 g/mol. The lowest BCUT2D eigenvalue weighted by Gasteiger charge is -2.10. The fourth-order valence-electron chi connectivity index (χ4n) is 2.26. The zero-order chi connectivity index (χ0) is 14.1. The van der Waals surface area contributed by atoms with E-state index in [9.17, 15) is 4.39 Å². The molecule has 0 spiro atoms. The van der Waals surface area contributed by atoms with Gasteiger partial charge in [-0.05, 0) is 30.3 Å². The van der Waals surface area contributed by atoms with Gasteiger partial charge in [0, 0.05) is 0 Å². The molecule has 20 heavy (non-hydrogen) atoms. The summed E-state index contributed by atoms with van der Waals surface area (Å²) in [6.45, 7) is 0. The van der Waals surface area contributed by atoms with Crippen LogP contribution in [-0.2, 0) is 6.42 Å². The number of nitrogens with zero attached hydrogens (tertiary/aromatic N) is 3. The van der Waals surface area contributed by atoms with Gasteiger partial charge >= 0.3 is 0 Å². The van der Waals surface area contributed by atoms with Gasteiger partial charge in [-0.15, -0.1) is 0 Å². The molecule has 0 aliphatic rings. The second-order valence-corrected chi connectivity index (χ2v) is 4.39. The molecule has 2 N–H and O–H groups in total. The first-order valence-electron chi connectivity index (χ1n) is 6.09. The van der Waals surface area contributed by atoms with E-state index in [4.69, 9.17) is 11.0 Å². The minimum Gasteiger partial charge on any atom is -0.397 e. The van der Waals surface area contributed by atoms with Crippen molar-refractivity contribution in [1.82, 2.24) is 9.55 Å². The third-order valence-electron chi connectivity index (χ3n) is 3.10. The van der Waals surface area contributed by atoms with Gasteiger partial charge in [0.15, 0.2) is 0 Å². The van der Waals surface area contributed by atoms with Crippen molar-refractivity contribution in [2.45, 2.75) is 6.42 Å². The van der Waals surface area contributed by atoms with Crippen molar-refractivity contribution in [1.29, 1.82) is 5.26 Å². The number of hydrogen-bond donors (Lipinski definition) is 1. The van der Waals surface area contributed by atoms with E-state index in [0.29, 0.717) is 17.2 Å². The molecule has 1 aromatic heterocycles. The van der Waals surface area contributed by atoms with Crippen molar-refractivity contribution in [2.75, 3.05) is 5.73 Å². The molecule has 0 aliphatic carbocycles. The van der Waals surface area contributed by atoms with Crippen LogP contribution in [0, 0.1) is 17.1 Å². The predicted octanol–water partition coefficient (Wildman–Crippen LogP) is 2.81. The summed E-state index contributed by atoms with van der Waals surface area (Å²) in [7, 11) is 0. The Morgan fingerprint density at radius 1 is 1.25 bits per heavy atom. The molecule has 0 radical (unpaired) electrons. The second kappa shape index (κ2) is 4.67. The van der Waals surface area contributed by atoms with Crippen molar-refractivity contribution < 1.29 is 4.39 Å². The quantitative estimate of drug-likeness (QED) is 0.725. The molecule has 98 valence electrons. The number of anilines is 1. The summed E-state index contributed by atoms with van der Waals surface area (Å²) in [5.41, 5.74) is 8.46. The SMILES string of the molecule is N#CCc1nc2ccccc2n1-c1ccc(F)cc1N. The van der Waals surface area contributed by atoms with E-state index < -0.39 is 5.82 Å². The lowest BCUT2D eigenvalue weighted by atomic mass is 10.2. The minimum atomic E-state index is -0.391. The van der Waals surface area contributed by atoms with Crippen LogP contribution in [0.4, 0.5) is 10.1 Å². The van der Waals surface area contributed by atoms with E-state index >= 15 is 0 Å². The predicted molar refractivity (Wildman–Crippen MR) is 74.8 cm³/mol. The Hall–Kier alpha value is -2.87. The average Bonchev–Trinajstić information content (AvgIpc) is 2.78. The highest BCUT2D eigenvalue weighted by molar-refractivity contribution is 5.80. The normalized spacial score (nSPS) is 10.6. The molecule has 0 saturated carbocycles. The molecule has 3 rings (SSSR count). The molecule has 2 aromatic carbocycles. The minimum absolute atomic E-state index is 0.158. The van der Waals surface area contributed by atoms with E-state index in [1.807, 2.05) is 24.3 Å². The molecule has 0 atom stereocenters. The van der Waals surface area contributed by atoms with Gasteiger partial charge in [-0.1, -0.05) is 12.1 Å². The van der Waals surface area contributed by atoms with Crippen molar-refractivity contribution in [3.05, 3.63) is 54.1 Å². The lowest BCUT2D eigenvalue weighted by Crippen LogP contribution is -2.04. The Balaban J connectivity index is 2.33. The molecule has 0 bridgehead atoms. The topological polar surface area (TPSA) is 67.6 Å². The Morgan fingerprint density at radius 2 is 2.05 bits per heavy atom. The molecule has 0 saturated heterocycles. The van der Waals surface area contributed by atoms with Gasteiger partial charge in [-0.25, -0.2) is 9.37 Å². The maximum atomic E-state index is 13.2. The van der Waals surface area contributed by atoms with E-state index in [1.54, 1.807) is 10.6 Å².